The van der Waals surface area contributed by atoms with E-state index in [0.717, 1.165) is 16.9 Å². The molecule has 1 amide bonds. The third kappa shape index (κ3) is 4.91. The fourth-order valence-electron chi connectivity index (χ4n) is 2.77. The normalized spacial score (nSPS) is 11.8. The molecule has 0 saturated carbocycles. The van der Waals surface area contributed by atoms with E-state index in [2.05, 4.69) is 19.2 Å². The maximum atomic E-state index is 12.3. The molecule has 2 aromatic carbocycles. The second-order valence-electron chi connectivity index (χ2n) is 6.38. The summed E-state index contributed by atoms with van der Waals surface area (Å²) < 4.78 is 16.4. The minimum Gasteiger partial charge on any atom is -0.497 e. The Balaban J connectivity index is 2.02. The Kier molecular flexibility index (Phi) is 6.89. The first kappa shape index (κ1) is 19.6. The molecule has 140 valence electrons. The molecule has 1 atom stereocenters. The number of ether oxygens (including phenoxy) is 3. The molecule has 0 heterocycles. The van der Waals surface area contributed by atoms with Crippen molar-refractivity contribution in [3.63, 3.8) is 0 Å². The number of nitrogens with one attached hydrogen (secondary N) is 1. The third-order valence-electron chi connectivity index (χ3n) is 4.18. The quantitative estimate of drug-likeness (QED) is 0.773. The van der Waals surface area contributed by atoms with Crippen molar-refractivity contribution in [1.82, 2.24) is 5.32 Å². The molecule has 0 bridgehead atoms. The van der Waals surface area contributed by atoms with Crippen molar-refractivity contribution in [3.05, 3.63) is 53.6 Å². The van der Waals surface area contributed by atoms with Gasteiger partial charge in [0.05, 0.1) is 20.3 Å². The largest absolute Gasteiger partial charge is 0.497 e. The molecule has 0 spiro atoms. The highest BCUT2D eigenvalue weighted by atomic mass is 16.5. The SMILES string of the molecule is COc1ccc(OC)c([C@H](C)NC(=O)COc2ccccc2C(C)C)c1. The summed E-state index contributed by atoms with van der Waals surface area (Å²) >= 11 is 0. The van der Waals surface area contributed by atoms with E-state index in [1.165, 1.54) is 0 Å². The van der Waals surface area contributed by atoms with Crippen LogP contribution in [0, 0.1) is 0 Å². The van der Waals surface area contributed by atoms with Gasteiger partial charge in [-0.3, -0.25) is 4.79 Å². The van der Waals surface area contributed by atoms with E-state index < -0.39 is 0 Å². The molecular weight excluding hydrogens is 330 g/mol. The van der Waals surface area contributed by atoms with Crippen LogP contribution in [-0.4, -0.2) is 26.7 Å². The van der Waals surface area contributed by atoms with Crippen molar-refractivity contribution in [2.75, 3.05) is 20.8 Å². The van der Waals surface area contributed by atoms with Gasteiger partial charge >= 0.3 is 0 Å². The fraction of sp³-hybridized carbons (Fsp3) is 0.381. The van der Waals surface area contributed by atoms with Crippen LogP contribution in [0.25, 0.3) is 0 Å². The predicted octanol–water partition coefficient (Wildman–Crippen LogP) is 4.08. The van der Waals surface area contributed by atoms with Gasteiger partial charge in [0, 0.05) is 5.56 Å². The molecule has 0 unspecified atom stereocenters. The van der Waals surface area contributed by atoms with Crippen LogP contribution in [0.5, 0.6) is 17.2 Å². The first-order valence-corrected chi connectivity index (χ1v) is 8.69. The van der Waals surface area contributed by atoms with Gasteiger partial charge in [0.15, 0.2) is 6.61 Å². The molecule has 0 radical (unpaired) electrons. The van der Waals surface area contributed by atoms with Crippen LogP contribution >= 0.6 is 0 Å². The molecule has 5 nitrogen and oxygen atoms in total. The van der Waals surface area contributed by atoms with Crippen LogP contribution in [0.3, 0.4) is 0 Å². The topological polar surface area (TPSA) is 56.8 Å². The van der Waals surface area contributed by atoms with Crippen LogP contribution in [-0.2, 0) is 4.79 Å². The van der Waals surface area contributed by atoms with Crippen LogP contribution in [0.15, 0.2) is 42.5 Å². The molecule has 0 saturated heterocycles. The second-order valence-corrected chi connectivity index (χ2v) is 6.38. The number of hydrogen-bond acceptors (Lipinski definition) is 4. The zero-order chi connectivity index (χ0) is 19.1. The van der Waals surface area contributed by atoms with E-state index in [0.29, 0.717) is 17.4 Å². The Morgan fingerprint density at radius 3 is 2.35 bits per heavy atom. The van der Waals surface area contributed by atoms with E-state index in [1.807, 2.05) is 49.4 Å². The lowest BCUT2D eigenvalue weighted by molar-refractivity contribution is -0.123. The van der Waals surface area contributed by atoms with Crippen molar-refractivity contribution in [2.24, 2.45) is 0 Å². The second kappa shape index (κ2) is 9.13. The minimum absolute atomic E-state index is 0.0413. The molecule has 0 aromatic heterocycles. The number of rotatable bonds is 8. The number of methoxy groups -OCH3 is 2. The number of para-hydroxylation sites is 1. The van der Waals surface area contributed by atoms with Crippen molar-refractivity contribution in [2.45, 2.75) is 32.7 Å². The molecule has 2 rings (SSSR count). The van der Waals surface area contributed by atoms with Crippen molar-refractivity contribution in [3.8, 4) is 17.2 Å². The molecule has 0 aliphatic heterocycles. The van der Waals surface area contributed by atoms with Crippen molar-refractivity contribution in [1.29, 1.82) is 0 Å². The Morgan fingerprint density at radius 1 is 0.962 bits per heavy atom. The Labute approximate surface area is 155 Å². The van der Waals surface area contributed by atoms with Gasteiger partial charge in [0.1, 0.15) is 17.2 Å². The van der Waals surface area contributed by atoms with E-state index in [1.54, 1.807) is 14.2 Å². The van der Waals surface area contributed by atoms with Crippen molar-refractivity contribution >= 4 is 5.91 Å². The lowest BCUT2D eigenvalue weighted by atomic mass is 10.0. The van der Waals surface area contributed by atoms with E-state index in [-0.39, 0.29) is 18.6 Å². The average Bonchev–Trinajstić information content (AvgIpc) is 2.65. The summed E-state index contributed by atoms with van der Waals surface area (Å²) in [6.45, 7) is 6.05. The Hall–Kier alpha value is -2.69. The van der Waals surface area contributed by atoms with Gasteiger partial charge in [-0.2, -0.15) is 0 Å². The molecule has 0 aliphatic rings. The third-order valence-corrected chi connectivity index (χ3v) is 4.18. The van der Waals surface area contributed by atoms with Crippen LogP contribution in [0.1, 0.15) is 43.9 Å². The number of carbonyl (C=O) groups is 1. The number of hydrogen-bond donors (Lipinski definition) is 1. The maximum Gasteiger partial charge on any atom is 0.258 e. The smallest absolute Gasteiger partial charge is 0.258 e. The first-order chi connectivity index (χ1) is 12.5. The summed E-state index contributed by atoms with van der Waals surface area (Å²) in [4.78, 5) is 12.3. The van der Waals surface area contributed by atoms with Gasteiger partial charge in [0.25, 0.3) is 5.91 Å². The molecule has 0 fully saturated rings. The highest BCUT2D eigenvalue weighted by Gasteiger charge is 2.16. The van der Waals surface area contributed by atoms with Crippen LogP contribution < -0.4 is 19.5 Å². The van der Waals surface area contributed by atoms with Gasteiger partial charge in [-0.25, -0.2) is 0 Å². The highest BCUT2D eigenvalue weighted by Crippen LogP contribution is 2.29. The highest BCUT2D eigenvalue weighted by molar-refractivity contribution is 5.78. The van der Waals surface area contributed by atoms with Crippen molar-refractivity contribution < 1.29 is 19.0 Å². The number of carbonyl (C=O) groups excluding carboxylic acids is 1. The molecular formula is C21H27NO4. The summed E-state index contributed by atoms with van der Waals surface area (Å²) in [6.07, 6.45) is 0. The van der Waals surface area contributed by atoms with Gasteiger partial charge in [-0.15, -0.1) is 0 Å². The lowest BCUT2D eigenvalue weighted by Crippen LogP contribution is -2.31. The molecule has 0 aliphatic carbocycles. The Bertz CT molecular complexity index is 743. The predicted molar refractivity (Wildman–Crippen MR) is 102 cm³/mol. The van der Waals surface area contributed by atoms with Gasteiger partial charge in [0.2, 0.25) is 0 Å². The van der Waals surface area contributed by atoms with Gasteiger partial charge < -0.3 is 19.5 Å². The van der Waals surface area contributed by atoms with E-state index in [9.17, 15) is 4.79 Å². The van der Waals surface area contributed by atoms with Crippen LogP contribution in [0.2, 0.25) is 0 Å². The summed E-state index contributed by atoms with van der Waals surface area (Å²) in [5, 5.41) is 2.94. The van der Waals surface area contributed by atoms with Gasteiger partial charge in [-0.1, -0.05) is 32.0 Å². The zero-order valence-corrected chi connectivity index (χ0v) is 16.0. The zero-order valence-electron chi connectivity index (χ0n) is 16.0. The minimum atomic E-state index is -0.239. The number of amides is 1. The first-order valence-electron chi connectivity index (χ1n) is 8.69. The summed E-state index contributed by atoms with van der Waals surface area (Å²) in [7, 11) is 3.21. The van der Waals surface area contributed by atoms with E-state index >= 15 is 0 Å². The molecule has 1 N–H and O–H groups in total. The molecule has 2 aromatic rings. The summed E-state index contributed by atoms with van der Waals surface area (Å²) in [5.74, 6) is 2.29. The molecule has 5 heteroatoms. The fourth-order valence-corrected chi connectivity index (χ4v) is 2.77. The number of benzene rings is 2. The van der Waals surface area contributed by atoms with Gasteiger partial charge in [-0.05, 0) is 42.7 Å². The van der Waals surface area contributed by atoms with E-state index in [4.69, 9.17) is 14.2 Å². The Morgan fingerprint density at radius 2 is 1.69 bits per heavy atom. The molecule has 26 heavy (non-hydrogen) atoms. The lowest BCUT2D eigenvalue weighted by Gasteiger charge is -2.19. The summed E-state index contributed by atoms with van der Waals surface area (Å²) in [6, 6.07) is 13.0. The van der Waals surface area contributed by atoms with Crippen LogP contribution in [0.4, 0.5) is 0 Å². The average molecular weight is 357 g/mol. The standard InChI is InChI=1S/C21H27NO4/c1-14(2)17-8-6-7-9-20(17)26-13-21(23)22-15(3)18-12-16(24-4)10-11-19(18)25-5/h6-12,14-15H,13H2,1-5H3,(H,22,23)/t15-/m0/s1. The summed E-state index contributed by atoms with van der Waals surface area (Å²) in [5.41, 5.74) is 1.94. The maximum absolute atomic E-state index is 12.3. The monoisotopic (exact) mass is 357 g/mol.